The number of nitrogens with one attached hydrogen (secondary N) is 1. The van der Waals surface area contributed by atoms with Crippen LogP contribution in [0.5, 0.6) is 5.75 Å². The van der Waals surface area contributed by atoms with Gasteiger partial charge in [-0.15, -0.1) is 0 Å². The highest BCUT2D eigenvalue weighted by Gasteiger charge is 2.05. The number of rotatable bonds is 5. The Morgan fingerprint density at radius 3 is 2.52 bits per heavy atom. The molecule has 0 saturated carbocycles. The summed E-state index contributed by atoms with van der Waals surface area (Å²) in [4.78, 5) is 11.9. The first kappa shape index (κ1) is 15.4. The average molecular weight is 304 g/mol. The van der Waals surface area contributed by atoms with Gasteiger partial charge in [0.1, 0.15) is 5.75 Å². The van der Waals surface area contributed by atoms with Gasteiger partial charge in [-0.2, -0.15) is 0 Å². The zero-order valence-electron chi connectivity index (χ0n) is 12.2. The van der Waals surface area contributed by atoms with Gasteiger partial charge < -0.3 is 10.1 Å². The molecule has 0 radical (unpaired) electrons. The van der Waals surface area contributed by atoms with Crippen LogP contribution in [0.1, 0.15) is 17.5 Å². The quantitative estimate of drug-likeness (QED) is 0.897. The number of aryl methyl sites for hydroxylation is 2. The van der Waals surface area contributed by atoms with Crippen molar-refractivity contribution in [2.75, 3.05) is 12.4 Å². The first-order valence-corrected chi connectivity index (χ1v) is 7.15. The van der Waals surface area contributed by atoms with Crippen LogP contribution in [0.25, 0.3) is 0 Å². The lowest BCUT2D eigenvalue weighted by Gasteiger charge is -2.08. The highest BCUT2D eigenvalue weighted by molar-refractivity contribution is 6.30. The van der Waals surface area contributed by atoms with Crippen molar-refractivity contribution in [3.8, 4) is 5.75 Å². The third-order valence-corrected chi connectivity index (χ3v) is 3.48. The second-order valence-electron chi connectivity index (χ2n) is 4.86. The molecule has 0 aliphatic carbocycles. The monoisotopic (exact) mass is 303 g/mol. The van der Waals surface area contributed by atoms with Crippen LogP contribution in [0, 0.1) is 6.92 Å². The number of anilines is 1. The van der Waals surface area contributed by atoms with Gasteiger partial charge in [0.15, 0.2) is 0 Å². The lowest BCUT2D eigenvalue weighted by Crippen LogP contribution is -2.12. The zero-order valence-corrected chi connectivity index (χ0v) is 12.9. The molecule has 110 valence electrons. The molecule has 0 saturated heterocycles. The molecule has 2 aromatic carbocycles. The number of carbonyl (C=O) groups is 1. The lowest BCUT2D eigenvalue weighted by atomic mass is 10.1. The molecule has 3 nitrogen and oxygen atoms in total. The second kappa shape index (κ2) is 7.14. The molecule has 4 heteroatoms. The molecule has 0 unspecified atom stereocenters. The Labute approximate surface area is 129 Å². The van der Waals surface area contributed by atoms with Crippen LogP contribution in [0.2, 0.25) is 5.02 Å². The fourth-order valence-electron chi connectivity index (χ4n) is 2.11. The van der Waals surface area contributed by atoms with Crippen molar-refractivity contribution in [3.05, 3.63) is 58.6 Å². The van der Waals surface area contributed by atoms with Gasteiger partial charge in [-0.3, -0.25) is 4.79 Å². The van der Waals surface area contributed by atoms with Gasteiger partial charge >= 0.3 is 0 Å². The van der Waals surface area contributed by atoms with Gasteiger partial charge in [0, 0.05) is 17.1 Å². The molecule has 0 fully saturated rings. The minimum absolute atomic E-state index is 0.00852. The van der Waals surface area contributed by atoms with Crippen molar-refractivity contribution in [3.63, 3.8) is 0 Å². The Morgan fingerprint density at radius 1 is 1.19 bits per heavy atom. The lowest BCUT2D eigenvalue weighted by molar-refractivity contribution is -0.116. The van der Waals surface area contributed by atoms with Gasteiger partial charge in [-0.1, -0.05) is 23.7 Å². The summed E-state index contributed by atoms with van der Waals surface area (Å²) >= 11 is 5.81. The molecule has 0 aliphatic heterocycles. The van der Waals surface area contributed by atoms with E-state index in [1.807, 2.05) is 19.1 Å². The topological polar surface area (TPSA) is 38.3 Å². The Balaban J connectivity index is 1.89. The molecule has 1 N–H and O–H groups in total. The minimum atomic E-state index is -0.00852. The molecular formula is C17H18ClNO2. The van der Waals surface area contributed by atoms with E-state index in [2.05, 4.69) is 11.4 Å². The van der Waals surface area contributed by atoms with E-state index in [0.29, 0.717) is 17.9 Å². The van der Waals surface area contributed by atoms with E-state index in [1.165, 1.54) is 0 Å². The maximum Gasteiger partial charge on any atom is 0.224 e. The van der Waals surface area contributed by atoms with Crippen molar-refractivity contribution in [1.29, 1.82) is 0 Å². The number of hydrogen-bond donors (Lipinski definition) is 1. The first-order chi connectivity index (χ1) is 10.1. The van der Waals surface area contributed by atoms with Crippen molar-refractivity contribution in [1.82, 2.24) is 0 Å². The smallest absolute Gasteiger partial charge is 0.224 e. The molecule has 2 rings (SSSR count). The summed E-state index contributed by atoms with van der Waals surface area (Å²) in [6.45, 7) is 2.00. The number of ether oxygens (including phenoxy) is 1. The van der Waals surface area contributed by atoms with Crippen LogP contribution in [-0.2, 0) is 11.2 Å². The second-order valence-corrected chi connectivity index (χ2v) is 5.30. The molecule has 1 amide bonds. The fourth-order valence-corrected chi connectivity index (χ4v) is 2.24. The van der Waals surface area contributed by atoms with Crippen molar-refractivity contribution in [2.24, 2.45) is 0 Å². The number of benzene rings is 2. The summed E-state index contributed by atoms with van der Waals surface area (Å²) < 4.78 is 5.22. The van der Waals surface area contributed by atoms with Gasteiger partial charge in [-0.05, 0) is 54.8 Å². The van der Waals surface area contributed by atoms with E-state index in [0.717, 1.165) is 22.6 Å². The molecule has 0 atom stereocenters. The van der Waals surface area contributed by atoms with E-state index in [9.17, 15) is 4.79 Å². The maximum absolute atomic E-state index is 11.9. The summed E-state index contributed by atoms with van der Waals surface area (Å²) in [5, 5.41) is 3.51. The predicted octanol–water partition coefficient (Wildman–Crippen LogP) is 4.23. The van der Waals surface area contributed by atoms with E-state index >= 15 is 0 Å². The Kier molecular flexibility index (Phi) is 5.23. The molecule has 2 aromatic rings. The van der Waals surface area contributed by atoms with E-state index in [4.69, 9.17) is 16.3 Å². The highest BCUT2D eigenvalue weighted by atomic mass is 35.5. The van der Waals surface area contributed by atoms with Crippen LogP contribution in [0.15, 0.2) is 42.5 Å². The van der Waals surface area contributed by atoms with Crippen LogP contribution in [0.4, 0.5) is 5.69 Å². The number of amides is 1. The normalized spacial score (nSPS) is 10.2. The third-order valence-electron chi connectivity index (χ3n) is 3.23. The van der Waals surface area contributed by atoms with E-state index in [1.54, 1.807) is 31.4 Å². The maximum atomic E-state index is 11.9. The SMILES string of the molecule is COc1ccc(CCC(=O)Nc2ccc(Cl)cc2)cc1C. The van der Waals surface area contributed by atoms with Gasteiger partial charge in [0.25, 0.3) is 0 Å². The Morgan fingerprint density at radius 2 is 1.90 bits per heavy atom. The standard InChI is InChI=1S/C17H18ClNO2/c1-12-11-13(3-9-16(12)21-2)4-10-17(20)19-15-7-5-14(18)6-8-15/h3,5-9,11H,4,10H2,1-2H3,(H,19,20). The van der Waals surface area contributed by atoms with E-state index in [-0.39, 0.29) is 5.91 Å². The van der Waals surface area contributed by atoms with Gasteiger partial charge in [0.2, 0.25) is 5.91 Å². The summed E-state index contributed by atoms with van der Waals surface area (Å²) in [6.07, 6.45) is 1.14. The molecule has 0 bridgehead atoms. The highest BCUT2D eigenvalue weighted by Crippen LogP contribution is 2.19. The molecule has 0 aliphatic rings. The largest absolute Gasteiger partial charge is 0.496 e. The Bertz CT molecular complexity index is 623. The van der Waals surface area contributed by atoms with E-state index < -0.39 is 0 Å². The Hall–Kier alpha value is -2.00. The molecule has 0 spiro atoms. The third kappa shape index (κ3) is 4.50. The summed E-state index contributed by atoms with van der Waals surface area (Å²) in [5.74, 6) is 0.857. The predicted molar refractivity (Wildman–Crippen MR) is 86.1 cm³/mol. The molecule has 0 heterocycles. The summed E-state index contributed by atoms with van der Waals surface area (Å²) in [5.41, 5.74) is 2.96. The summed E-state index contributed by atoms with van der Waals surface area (Å²) in [7, 11) is 1.65. The molecule has 21 heavy (non-hydrogen) atoms. The molecular weight excluding hydrogens is 286 g/mol. The number of methoxy groups -OCH3 is 1. The molecule has 0 aromatic heterocycles. The summed E-state index contributed by atoms with van der Waals surface area (Å²) in [6, 6.07) is 13.1. The van der Waals surface area contributed by atoms with Crippen LogP contribution < -0.4 is 10.1 Å². The van der Waals surface area contributed by atoms with Crippen molar-refractivity contribution >= 4 is 23.2 Å². The van der Waals surface area contributed by atoms with Crippen LogP contribution in [-0.4, -0.2) is 13.0 Å². The zero-order chi connectivity index (χ0) is 15.2. The first-order valence-electron chi connectivity index (χ1n) is 6.77. The van der Waals surface area contributed by atoms with Crippen molar-refractivity contribution < 1.29 is 9.53 Å². The number of carbonyl (C=O) groups excluding carboxylic acids is 1. The minimum Gasteiger partial charge on any atom is -0.496 e. The van der Waals surface area contributed by atoms with Crippen LogP contribution >= 0.6 is 11.6 Å². The average Bonchev–Trinajstić information content (AvgIpc) is 2.48. The fraction of sp³-hybridized carbons (Fsp3) is 0.235. The number of halogens is 1. The van der Waals surface area contributed by atoms with Crippen molar-refractivity contribution in [2.45, 2.75) is 19.8 Å². The van der Waals surface area contributed by atoms with Gasteiger partial charge in [0.05, 0.1) is 7.11 Å². The van der Waals surface area contributed by atoms with Gasteiger partial charge in [-0.25, -0.2) is 0 Å². The number of hydrogen-bond acceptors (Lipinski definition) is 2. The van der Waals surface area contributed by atoms with Crippen LogP contribution in [0.3, 0.4) is 0 Å².